The van der Waals surface area contributed by atoms with E-state index in [0.717, 1.165) is 62.2 Å². The van der Waals surface area contributed by atoms with Gasteiger partial charge in [0.05, 0.1) is 45.0 Å². The summed E-state index contributed by atoms with van der Waals surface area (Å²) >= 11 is 0. The van der Waals surface area contributed by atoms with Gasteiger partial charge in [0.15, 0.2) is 28.9 Å². The molecule has 0 radical (unpaired) electrons. The first-order valence-electron chi connectivity index (χ1n) is 16.8. The quantitative estimate of drug-likeness (QED) is 0.254. The molecule has 2 fully saturated rings. The van der Waals surface area contributed by atoms with Crippen molar-refractivity contribution in [2.75, 3.05) is 57.7 Å². The number of ether oxygens (including phenoxy) is 5. The van der Waals surface area contributed by atoms with Crippen molar-refractivity contribution in [3.05, 3.63) is 53.9 Å². The maximum Gasteiger partial charge on any atom is 0.410 e. The van der Waals surface area contributed by atoms with Crippen LogP contribution in [0.3, 0.4) is 0 Å². The molecular weight excluding hydrogens is 650 g/mol. The molecule has 1 aromatic heterocycles. The van der Waals surface area contributed by atoms with Crippen molar-refractivity contribution < 1.29 is 37.3 Å². The molecular formula is C36H48F2N6O6. The Hall–Kier alpha value is -4.59. The fourth-order valence-corrected chi connectivity index (χ4v) is 6.63. The highest BCUT2D eigenvalue weighted by Gasteiger charge is 2.38. The lowest BCUT2D eigenvalue weighted by Crippen LogP contribution is -2.62. The molecule has 12 nitrogen and oxygen atoms in total. The molecule has 2 aliphatic rings. The van der Waals surface area contributed by atoms with E-state index >= 15 is 0 Å². The molecule has 1 amide bonds. The molecule has 50 heavy (non-hydrogen) atoms. The van der Waals surface area contributed by atoms with Crippen LogP contribution in [0.2, 0.25) is 0 Å². The van der Waals surface area contributed by atoms with Crippen LogP contribution in [-0.2, 0) is 11.3 Å². The highest BCUT2D eigenvalue weighted by Crippen LogP contribution is 2.36. The van der Waals surface area contributed by atoms with Crippen LogP contribution in [0.5, 0.6) is 23.0 Å². The highest BCUT2D eigenvalue weighted by atomic mass is 19.1. The molecule has 0 unspecified atom stereocenters. The van der Waals surface area contributed by atoms with Gasteiger partial charge in [0.25, 0.3) is 0 Å². The minimum absolute atomic E-state index is 0.0668. The largest absolute Gasteiger partial charge is 0.495 e. The molecule has 0 bridgehead atoms. The second-order valence-electron chi connectivity index (χ2n) is 13.7. The zero-order chi connectivity index (χ0) is 36.2. The summed E-state index contributed by atoms with van der Waals surface area (Å²) in [6.07, 6.45) is 4.59. The minimum Gasteiger partial charge on any atom is -0.495 e. The normalized spacial score (nSPS) is 18.8. The number of aromatic nitrogens is 2. The first-order chi connectivity index (χ1) is 23.8. The Labute approximate surface area is 292 Å². The number of rotatable bonds is 10. The van der Waals surface area contributed by atoms with Gasteiger partial charge in [-0.05, 0) is 59.6 Å². The number of piperidine rings is 1. The number of nitrogens with one attached hydrogen (secondary N) is 1. The SMILES string of the molecule is COc1cc(Nc2ncc(OCc3c(F)c(OC)cc(OC)c3F)cn2)ccc1N1CCC(N2C[C@@H](C)N(C(=O)OC(C)(C)C)[C@@H](C)C2)CC1. The van der Waals surface area contributed by atoms with Gasteiger partial charge in [-0.2, -0.15) is 0 Å². The average Bonchev–Trinajstić information content (AvgIpc) is 3.08. The van der Waals surface area contributed by atoms with Crippen molar-refractivity contribution in [3.8, 4) is 23.0 Å². The summed E-state index contributed by atoms with van der Waals surface area (Å²) < 4.78 is 56.4. The van der Waals surface area contributed by atoms with E-state index in [2.05, 4.69) is 38.9 Å². The molecule has 272 valence electrons. The first kappa shape index (κ1) is 36.7. The van der Waals surface area contributed by atoms with Crippen LogP contribution in [0.1, 0.15) is 53.0 Å². The summed E-state index contributed by atoms with van der Waals surface area (Å²) in [4.78, 5) is 28.2. The lowest BCUT2D eigenvalue weighted by atomic mass is 9.98. The third-order valence-corrected chi connectivity index (χ3v) is 8.98. The lowest BCUT2D eigenvalue weighted by molar-refractivity contribution is -0.0244. The van der Waals surface area contributed by atoms with Crippen LogP contribution >= 0.6 is 0 Å². The summed E-state index contributed by atoms with van der Waals surface area (Å²) in [5.41, 5.74) is 0.883. The van der Waals surface area contributed by atoms with Gasteiger partial charge in [0.1, 0.15) is 18.0 Å². The summed E-state index contributed by atoms with van der Waals surface area (Å²) in [6, 6.07) is 7.57. The van der Waals surface area contributed by atoms with Crippen molar-refractivity contribution in [2.45, 2.75) is 77.8 Å². The number of carbonyl (C=O) groups is 1. The fourth-order valence-electron chi connectivity index (χ4n) is 6.63. The molecule has 5 rings (SSSR count). The number of piperazine rings is 1. The zero-order valence-electron chi connectivity index (χ0n) is 30.1. The number of halogens is 2. The molecule has 0 aliphatic carbocycles. The third-order valence-electron chi connectivity index (χ3n) is 8.98. The van der Waals surface area contributed by atoms with Crippen LogP contribution in [0.4, 0.5) is 30.9 Å². The monoisotopic (exact) mass is 698 g/mol. The highest BCUT2D eigenvalue weighted by molar-refractivity contribution is 5.69. The molecule has 1 N–H and O–H groups in total. The predicted molar refractivity (Wildman–Crippen MR) is 186 cm³/mol. The molecule has 14 heteroatoms. The number of amides is 1. The Morgan fingerprint density at radius 2 is 1.48 bits per heavy atom. The van der Waals surface area contributed by atoms with Crippen LogP contribution in [0.25, 0.3) is 0 Å². The topological polar surface area (TPSA) is 111 Å². The predicted octanol–water partition coefficient (Wildman–Crippen LogP) is 6.40. The summed E-state index contributed by atoms with van der Waals surface area (Å²) in [7, 11) is 4.22. The van der Waals surface area contributed by atoms with E-state index in [1.165, 1.54) is 26.6 Å². The number of nitrogens with zero attached hydrogens (tertiary/aromatic N) is 5. The van der Waals surface area contributed by atoms with Crippen molar-refractivity contribution in [1.29, 1.82) is 0 Å². The van der Waals surface area contributed by atoms with Gasteiger partial charge in [-0.3, -0.25) is 4.90 Å². The van der Waals surface area contributed by atoms with Crippen molar-refractivity contribution >= 4 is 23.4 Å². The Morgan fingerprint density at radius 3 is 2.02 bits per heavy atom. The van der Waals surface area contributed by atoms with Gasteiger partial charge in [-0.15, -0.1) is 0 Å². The third kappa shape index (κ3) is 8.40. The van der Waals surface area contributed by atoms with E-state index in [0.29, 0.717) is 12.0 Å². The Balaban J connectivity index is 1.15. The van der Waals surface area contributed by atoms with Crippen LogP contribution in [0, 0.1) is 11.6 Å². The minimum atomic E-state index is -0.869. The van der Waals surface area contributed by atoms with E-state index < -0.39 is 23.8 Å². The van der Waals surface area contributed by atoms with Gasteiger partial charge in [0, 0.05) is 62.1 Å². The van der Waals surface area contributed by atoms with Gasteiger partial charge in [0.2, 0.25) is 5.95 Å². The number of benzene rings is 2. The smallest absolute Gasteiger partial charge is 0.410 e. The fraction of sp³-hybridized carbons (Fsp3) is 0.528. The van der Waals surface area contributed by atoms with E-state index in [1.54, 1.807) is 7.11 Å². The zero-order valence-corrected chi connectivity index (χ0v) is 30.1. The molecule has 2 saturated heterocycles. The van der Waals surface area contributed by atoms with Gasteiger partial charge < -0.3 is 38.8 Å². The number of carbonyl (C=O) groups excluding carboxylic acids is 1. The lowest BCUT2D eigenvalue weighted by Gasteiger charge is -2.48. The molecule has 3 aromatic rings. The Bertz CT molecular complexity index is 1590. The second kappa shape index (κ2) is 15.5. The maximum absolute atomic E-state index is 14.7. The van der Waals surface area contributed by atoms with Gasteiger partial charge in [-0.25, -0.2) is 23.5 Å². The average molecular weight is 699 g/mol. The standard InChI is InChI=1S/C36H48F2N6O6/c1-22-19-43(20-23(2)44(22)35(45)50-36(3,4)5)25-11-13-42(14-12-25)28-10-9-24(15-29(28)46-6)41-34-39-17-26(18-40-34)49-21-27-32(37)30(47-7)16-31(48-8)33(27)38/h9-10,15-18,22-23,25H,11-14,19-21H2,1-8H3,(H,39,40,41)/t22-,23+. The van der Waals surface area contributed by atoms with Crippen LogP contribution < -0.4 is 29.2 Å². The number of methoxy groups -OCH3 is 3. The molecule has 0 saturated carbocycles. The molecule has 2 atom stereocenters. The van der Waals surface area contributed by atoms with Crippen LogP contribution in [-0.4, -0.2) is 97.1 Å². The molecule has 2 aliphatic heterocycles. The van der Waals surface area contributed by atoms with E-state index in [-0.39, 0.29) is 41.0 Å². The van der Waals surface area contributed by atoms with E-state index in [1.807, 2.05) is 43.9 Å². The number of hydrogen-bond donors (Lipinski definition) is 1. The summed E-state index contributed by atoms with van der Waals surface area (Å²) in [5, 5.41) is 3.17. The second-order valence-corrected chi connectivity index (χ2v) is 13.7. The number of anilines is 3. The summed E-state index contributed by atoms with van der Waals surface area (Å²) in [6.45, 7) is 12.9. The van der Waals surface area contributed by atoms with Gasteiger partial charge >= 0.3 is 6.09 Å². The maximum atomic E-state index is 14.7. The summed E-state index contributed by atoms with van der Waals surface area (Å²) in [5.74, 6) is -0.790. The Kier molecular flexibility index (Phi) is 11.4. The van der Waals surface area contributed by atoms with Crippen molar-refractivity contribution in [3.63, 3.8) is 0 Å². The molecule has 2 aromatic carbocycles. The van der Waals surface area contributed by atoms with E-state index in [4.69, 9.17) is 23.7 Å². The molecule has 3 heterocycles. The molecule has 0 spiro atoms. The van der Waals surface area contributed by atoms with Gasteiger partial charge in [-0.1, -0.05) is 0 Å². The first-order valence-corrected chi connectivity index (χ1v) is 16.8. The number of hydrogen-bond acceptors (Lipinski definition) is 11. The van der Waals surface area contributed by atoms with E-state index in [9.17, 15) is 13.6 Å². The van der Waals surface area contributed by atoms with Crippen molar-refractivity contribution in [2.24, 2.45) is 0 Å². The Morgan fingerprint density at radius 1 is 0.900 bits per heavy atom. The van der Waals surface area contributed by atoms with Crippen molar-refractivity contribution in [1.82, 2.24) is 19.8 Å². The van der Waals surface area contributed by atoms with Crippen LogP contribution in [0.15, 0.2) is 36.7 Å².